The molecule has 0 aliphatic carbocycles. The van der Waals surface area contributed by atoms with Gasteiger partial charge in [-0.1, -0.05) is 84.6 Å². The number of aromatic nitrogens is 3. The highest BCUT2D eigenvalue weighted by Gasteiger charge is 2.23. The molecule has 0 spiro atoms. The van der Waals surface area contributed by atoms with Crippen LogP contribution >= 0.6 is 11.8 Å². The number of thioether (sulfide) groups is 1. The summed E-state index contributed by atoms with van der Waals surface area (Å²) < 4.78 is 7.29. The number of benzene rings is 3. The van der Waals surface area contributed by atoms with Gasteiger partial charge in [-0.05, 0) is 30.2 Å². The van der Waals surface area contributed by atoms with Gasteiger partial charge in [-0.15, -0.1) is 10.2 Å². The van der Waals surface area contributed by atoms with Crippen molar-refractivity contribution in [2.24, 2.45) is 0 Å². The molecule has 0 fully saturated rings. The van der Waals surface area contributed by atoms with E-state index in [4.69, 9.17) is 4.74 Å². The van der Waals surface area contributed by atoms with Crippen LogP contribution in [0, 0.1) is 0 Å². The van der Waals surface area contributed by atoms with E-state index < -0.39 is 0 Å². The highest BCUT2D eigenvalue weighted by Crippen LogP contribution is 2.29. The van der Waals surface area contributed by atoms with Gasteiger partial charge in [0.2, 0.25) is 5.91 Å². The number of rotatable bonds is 8. The van der Waals surface area contributed by atoms with E-state index in [1.165, 1.54) is 11.8 Å². The van der Waals surface area contributed by atoms with Crippen LogP contribution < -0.4 is 10.1 Å². The highest BCUT2D eigenvalue weighted by molar-refractivity contribution is 8.00. The lowest BCUT2D eigenvalue weighted by atomic mass is 9.98. The summed E-state index contributed by atoms with van der Waals surface area (Å²) in [7, 11) is 1.62. The fourth-order valence-corrected chi connectivity index (χ4v) is 4.26. The van der Waals surface area contributed by atoms with Crippen molar-refractivity contribution in [1.82, 2.24) is 20.1 Å². The third-order valence-corrected chi connectivity index (χ3v) is 6.12. The van der Waals surface area contributed by atoms with Gasteiger partial charge in [0.25, 0.3) is 0 Å². The van der Waals surface area contributed by atoms with Crippen molar-refractivity contribution in [2.75, 3.05) is 7.11 Å². The molecule has 6 nitrogen and oxygen atoms in total. The predicted octanol–water partition coefficient (Wildman–Crippen LogP) is 4.66. The maximum Gasteiger partial charge on any atom is 0.234 e. The summed E-state index contributed by atoms with van der Waals surface area (Å²) in [6.45, 7) is 1.87. The molecule has 0 saturated carbocycles. The topological polar surface area (TPSA) is 69.0 Å². The number of hydrogen-bond donors (Lipinski definition) is 1. The predicted molar refractivity (Wildman–Crippen MR) is 126 cm³/mol. The summed E-state index contributed by atoms with van der Waals surface area (Å²) in [5.41, 5.74) is 2.88. The summed E-state index contributed by atoms with van der Waals surface area (Å²) in [4.78, 5) is 13.2. The van der Waals surface area contributed by atoms with Crippen molar-refractivity contribution >= 4 is 17.7 Å². The summed E-state index contributed by atoms with van der Waals surface area (Å²) in [6.07, 6.45) is 1.63. The molecule has 0 bridgehead atoms. The molecule has 1 N–H and O–H groups in total. The highest BCUT2D eigenvalue weighted by atomic mass is 32.2. The Bertz CT molecular complexity index is 1130. The summed E-state index contributed by atoms with van der Waals surface area (Å²) in [5, 5.41) is 11.7. The fourth-order valence-electron chi connectivity index (χ4n) is 3.42. The van der Waals surface area contributed by atoms with E-state index in [2.05, 4.69) is 15.5 Å². The van der Waals surface area contributed by atoms with Crippen molar-refractivity contribution < 1.29 is 9.53 Å². The lowest BCUT2D eigenvalue weighted by molar-refractivity contribution is -0.120. The van der Waals surface area contributed by atoms with Crippen LogP contribution in [-0.4, -0.2) is 33.0 Å². The van der Waals surface area contributed by atoms with Gasteiger partial charge >= 0.3 is 0 Å². The smallest absolute Gasteiger partial charge is 0.234 e. The molecule has 1 heterocycles. The molecule has 0 radical (unpaired) electrons. The molecule has 4 aromatic rings. The molecule has 0 aliphatic rings. The summed E-state index contributed by atoms with van der Waals surface area (Å²) in [5.74, 6) is 0.627. The zero-order chi connectivity index (χ0) is 22.3. The van der Waals surface area contributed by atoms with Crippen molar-refractivity contribution in [3.8, 4) is 11.4 Å². The van der Waals surface area contributed by atoms with Crippen molar-refractivity contribution in [2.45, 2.75) is 23.4 Å². The molecule has 162 valence electrons. The molecule has 0 unspecified atom stereocenters. The second-order valence-electron chi connectivity index (χ2n) is 7.18. The zero-order valence-electron chi connectivity index (χ0n) is 17.9. The van der Waals surface area contributed by atoms with Gasteiger partial charge in [0, 0.05) is 0 Å². The van der Waals surface area contributed by atoms with Gasteiger partial charge in [-0.2, -0.15) is 0 Å². The van der Waals surface area contributed by atoms with Crippen LogP contribution in [0.15, 0.2) is 96.4 Å². The number of hydrogen-bond acceptors (Lipinski definition) is 5. The summed E-state index contributed by atoms with van der Waals surface area (Å²) in [6, 6.07) is 27.3. The standard InChI is InChI=1S/C25H24N4O2S/c1-18(32-25-28-26-17-29(25)21-15-9-10-16-22(21)31-2)24(30)27-23(19-11-5-3-6-12-19)20-13-7-4-8-14-20/h3-18,23H,1-2H3,(H,27,30)/t18-/m0/s1. The van der Waals surface area contributed by atoms with Crippen LogP contribution in [0.2, 0.25) is 0 Å². The molecule has 7 heteroatoms. The van der Waals surface area contributed by atoms with Crippen LogP contribution in [0.1, 0.15) is 24.1 Å². The fraction of sp³-hybridized carbons (Fsp3) is 0.160. The Morgan fingerprint density at radius 3 is 2.16 bits per heavy atom. The maximum atomic E-state index is 13.2. The van der Waals surface area contributed by atoms with E-state index in [0.717, 1.165) is 16.8 Å². The molecular formula is C25H24N4O2S. The van der Waals surface area contributed by atoms with Crippen LogP contribution in [-0.2, 0) is 4.79 Å². The number of nitrogens with zero attached hydrogens (tertiary/aromatic N) is 3. The van der Waals surface area contributed by atoms with E-state index in [-0.39, 0.29) is 17.2 Å². The average Bonchev–Trinajstić information content (AvgIpc) is 3.31. The minimum absolute atomic E-state index is 0.0812. The Morgan fingerprint density at radius 1 is 0.938 bits per heavy atom. The molecule has 0 saturated heterocycles. The maximum absolute atomic E-state index is 13.2. The number of carbonyl (C=O) groups is 1. The third kappa shape index (κ3) is 4.84. The molecule has 1 aromatic heterocycles. The van der Waals surface area contributed by atoms with Gasteiger partial charge in [0.1, 0.15) is 12.1 Å². The first-order chi connectivity index (χ1) is 15.7. The van der Waals surface area contributed by atoms with Crippen LogP contribution in [0.4, 0.5) is 0 Å². The van der Waals surface area contributed by atoms with Crippen molar-refractivity contribution in [3.05, 3.63) is 102 Å². The Balaban J connectivity index is 1.54. The second kappa shape index (κ2) is 10.2. The lowest BCUT2D eigenvalue weighted by Gasteiger charge is -2.22. The molecule has 3 aromatic carbocycles. The van der Waals surface area contributed by atoms with E-state index in [9.17, 15) is 4.79 Å². The Hall–Kier alpha value is -3.58. The number of amides is 1. The Kier molecular flexibility index (Phi) is 6.87. The van der Waals surface area contributed by atoms with Crippen LogP contribution in [0.5, 0.6) is 5.75 Å². The minimum Gasteiger partial charge on any atom is -0.495 e. The van der Waals surface area contributed by atoms with E-state index in [1.54, 1.807) is 13.4 Å². The third-order valence-electron chi connectivity index (χ3n) is 5.07. The number of methoxy groups -OCH3 is 1. The van der Waals surface area contributed by atoms with E-state index in [0.29, 0.717) is 10.9 Å². The number of para-hydroxylation sites is 2. The quantitative estimate of drug-likeness (QED) is 0.400. The Labute approximate surface area is 191 Å². The zero-order valence-corrected chi connectivity index (χ0v) is 18.7. The lowest BCUT2D eigenvalue weighted by Crippen LogP contribution is -2.35. The van der Waals surface area contributed by atoms with Crippen LogP contribution in [0.3, 0.4) is 0 Å². The van der Waals surface area contributed by atoms with Gasteiger partial charge in [0.05, 0.1) is 24.1 Å². The van der Waals surface area contributed by atoms with Gasteiger partial charge in [-0.3, -0.25) is 9.36 Å². The van der Waals surface area contributed by atoms with Crippen molar-refractivity contribution in [3.63, 3.8) is 0 Å². The normalized spacial score (nSPS) is 11.8. The monoisotopic (exact) mass is 444 g/mol. The van der Waals surface area contributed by atoms with Crippen LogP contribution in [0.25, 0.3) is 5.69 Å². The van der Waals surface area contributed by atoms with E-state index >= 15 is 0 Å². The van der Waals surface area contributed by atoms with Gasteiger partial charge in [0.15, 0.2) is 5.16 Å². The molecule has 1 atom stereocenters. The first-order valence-electron chi connectivity index (χ1n) is 10.3. The van der Waals surface area contributed by atoms with Gasteiger partial charge in [-0.25, -0.2) is 0 Å². The number of ether oxygens (including phenoxy) is 1. The molecule has 1 amide bonds. The first kappa shape index (κ1) is 21.6. The number of nitrogens with one attached hydrogen (secondary N) is 1. The molecular weight excluding hydrogens is 420 g/mol. The number of carbonyl (C=O) groups excluding carboxylic acids is 1. The van der Waals surface area contributed by atoms with E-state index in [1.807, 2.05) is 96.4 Å². The molecule has 4 rings (SSSR count). The Morgan fingerprint density at radius 2 is 1.53 bits per heavy atom. The molecule has 32 heavy (non-hydrogen) atoms. The minimum atomic E-state index is -0.386. The first-order valence-corrected chi connectivity index (χ1v) is 11.2. The largest absolute Gasteiger partial charge is 0.495 e. The molecule has 0 aliphatic heterocycles. The summed E-state index contributed by atoms with van der Waals surface area (Å²) >= 11 is 1.35. The second-order valence-corrected chi connectivity index (χ2v) is 8.49. The van der Waals surface area contributed by atoms with Crippen molar-refractivity contribution in [1.29, 1.82) is 0 Å². The SMILES string of the molecule is COc1ccccc1-n1cnnc1S[C@@H](C)C(=O)NC(c1ccccc1)c1ccccc1. The van der Waals surface area contributed by atoms with Gasteiger partial charge < -0.3 is 10.1 Å². The average molecular weight is 445 g/mol.